The average Bonchev–Trinajstić information content (AvgIpc) is 3.02. The number of hydrogen-bond donors (Lipinski definition) is 1. The van der Waals surface area contributed by atoms with Gasteiger partial charge in [-0.05, 0) is 44.0 Å². The van der Waals surface area contributed by atoms with Crippen molar-refractivity contribution in [1.29, 1.82) is 0 Å². The number of Topliss-reactive ketones (excluding diaryl/α,β-unsaturated/α-hetero) is 1. The number of carbonyl (C=O) groups is 5. The number of carbonyl (C=O) groups excluding carboxylic acids is 5. The number of ether oxygens (including phenoxy) is 1. The lowest BCUT2D eigenvalue weighted by atomic mass is 9.85. The molecule has 0 saturated carbocycles. The zero-order chi connectivity index (χ0) is 21.8. The highest BCUT2D eigenvalue weighted by atomic mass is 16.5. The molecule has 3 amide bonds. The third kappa shape index (κ3) is 4.32. The number of hydrogen-bond acceptors (Lipinski definition) is 6. The Kier molecular flexibility index (Phi) is 6.44. The molecule has 158 valence electrons. The van der Waals surface area contributed by atoms with E-state index in [0.29, 0.717) is 30.5 Å². The van der Waals surface area contributed by atoms with Crippen molar-refractivity contribution in [2.24, 2.45) is 11.8 Å². The number of imide groups is 1. The molecule has 1 aromatic carbocycles. The van der Waals surface area contributed by atoms with Crippen molar-refractivity contribution in [1.82, 2.24) is 4.90 Å². The van der Waals surface area contributed by atoms with Crippen molar-refractivity contribution in [3.05, 3.63) is 42.0 Å². The Bertz CT molecular complexity index is 879. The normalized spacial score (nSPS) is 21.2. The van der Waals surface area contributed by atoms with E-state index in [1.54, 1.807) is 19.1 Å². The third-order valence-electron chi connectivity index (χ3n) is 5.43. The molecule has 1 saturated heterocycles. The topological polar surface area (TPSA) is 110 Å². The third-order valence-corrected chi connectivity index (χ3v) is 5.43. The van der Waals surface area contributed by atoms with E-state index < -0.39 is 36.2 Å². The fourth-order valence-corrected chi connectivity index (χ4v) is 3.64. The first-order chi connectivity index (χ1) is 14.3. The van der Waals surface area contributed by atoms with Crippen molar-refractivity contribution >= 4 is 35.2 Å². The van der Waals surface area contributed by atoms with Crippen LogP contribution in [-0.4, -0.2) is 47.0 Å². The number of amides is 3. The van der Waals surface area contributed by atoms with E-state index in [2.05, 4.69) is 5.32 Å². The molecule has 1 N–H and O–H groups in total. The second kappa shape index (κ2) is 9.02. The van der Waals surface area contributed by atoms with Crippen LogP contribution >= 0.6 is 0 Å². The maximum absolute atomic E-state index is 12.6. The first-order valence-corrected chi connectivity index (χ1v) is 9.95. The summed E-state index contributed by atoms with van der Waals surface area (Å²) in [5, 5.41) is 2.67. The number of likely N-dealkylation sites (tertiary alicyclic amines) is 1. The summed E-state index contributed by atoms with van der Waals surface area (Å²) in [5.74, 6) is -2.95. The van der Waals surface area contributed by atoms with Gasteiger partial charge in [0.15, 0.2) is 12.4 Å². The number of esters is 1. The van der Waals surface area contributed by atoms with E-state index in [1.807, 2.05) is 12.2 Å². The molecule has 0 aromatic heterocycles. The fraction of sp³-hybridized carbons (Fsp3) is 0.409. The number of ketones is 1. The summed E-state index contributed by atoms with van der Waals surface area (Å²) in [6.07, 6.45) is 5.06. The summed E-state index contributed by atoms with van der Waals surface area (Å²) in [7, 11) is 0. The molecule has 1 fully saturated rings. The van der Waals surface area contributed by atoms with E-state index >= 15 is 0 Å². The van der Waals surface area contributed by atoms with E-state index in [-0.39, 0.29) is 17.7 Å². The predicted octanol–water partition coefficient (Wildman–Crippen LogP) is 2.10. The first kappa shape index (κ1) is 21.4. The summed E-state index contributed by atoms with van der Waals surface area (Å²) in [5.41, 5.74) is 0.876. The Hall–Kier alpha value is -3.29. The van der Waals surface area contributed by atoms with Crippen LogP contribution in [-0.2, 0) is 23.9 Å². The first-order valence-electron chi connectivity index (χ1n) is 9.95. The van der Waals surface area contributed by atoms with Crippen molar-refractivity contribution in [3.8, 4) is 0 Å². The van der Waals surface area contributed by atoms with Gasteiger partial charge in [-0.1, -0.05) is 19.1 Å². The monoisotopic (exact) mass is 412 g/mol. The minimum absolute atomic E-state index is 0.140. The Morgan fingerprint density at radius 3 is 2.17 bits per heavy atom. The molecule has 3 rings (SSSR count). The molecule has 8 nitrogen and oxygen atoms in total. The minimum atomic E-state index is -1.09. The zero-order valence-corrected chi connectivity index (χ0v) is 16.9. The van der Waals surface area contributed by atoms with Crippen LogP contribution in [0.1, 0.15) is 43.5 Å². The van der Waals surface area contributed by atoms with E-state index in [4.69, 9.17) is 4.74 Å². The standard InChI is InChI=1S/C22H24N2O6/c1-3-19(26)23-15-10-8-14(9-11-15)18(25)12-30-22(29)13(2)24-20(27)16-6-4-5-7-17(16)21(24)28/h4-5,8-11,13,16-17H,3,6-7,12H2,1-2H3,(H,23,26)/t13-,16-,17-/m0/s1. The van der Waals surface area contributed by atoms with Crippen molar-refractivity contribution in [2.45, 2.75) is 39.2 Å². The average molecular weight is 412 g/mol. The van der Waals surface area contributed by atoms with Gasteiger partial charge in [-0.15, -0.1) is 0 Å². The second-order valence-corrected chi connectivity index (χ2v) is 7.39. The van der Waals surface area contributed by atoms with Crippen LogP contribution < -0.4 is 5.32 Å². The molecule has 1 heterocycles. The van der Waals surface area contributed by atoms with E-state index in [0.717, 1.165) is 4.90 Å². The van der Waals surface area contributed by atoms with Gasteiger partial charge >= 0.3 is 5.97 Å². The van der Waals surface area contributed by atoms with Gasteiger partial charge < -0.3 is 10.1 Å². The fourth-order valence-electron chi connectivity index (χ4n) is 3.64. The van der Waals surface area contributed by atoms with Crippen molar-refractivity contribution in [2.75, 3.05) is 11.9 Å². The highest BCUT2D eigenvalue weighted by Gasteiger charge is 2.50. The van der Waals surface area contributed by atoms with Gasteiger partial charge in [0.2, 0.25) is 17.7 Å². The molecular weight excluding hydrogens is 388 g/mol. The van der Waals surface area contributed by atoms with Gasteiger partial charge in [0, 0.05) is 17.7 Å². The Labute approximate surface area is 174 Å². The van der Waals surface area contributed by atoms with Crippen LogP contribution in [0, 0.1) is 11.8 Å². The van der Waals surface area contributed by atoms with E-state index in [1.165, 1.54) is 19.1 Å². The van der Waals surface area contributed by atoms with Crippen LogP contribution in [0.5, 0.6) is 0 Å². The molecule has 8 heteroatoms. The maximum atomic E-state index is 12.6. The number of allylic oxidation sites excluding steroid dienone is 2. The van der Waals surface area contributed by atoms with Crippen LogP contribution in [0.3, 0.4) is 0 Å². The Morgan fingerprint density at radius 2 is 1.63 bits per heavy atom. The molecule has 1 aromatic rings. The Balaban J connectivity index is 1.56. The smallest absolute Gasteiger partial charge is 0.329 e. The summed E-state index contributed by atoms with van der Waals surface area (Å²) in [6.45, 7) is 2.66. The van der Waals surface area contributed by atoms with Gasteiger partial charge in [0.05, 0.1) is 11.8 Å². The molecule has 0 bridgehead atoms. The lowest BCUT2D eigenvalue weighted by molar-refractivity contribution is -0.157. The molecular formula is C22H24N2O6. The van der Waals surface area contributed by atoms with Crippen LogP contribution in [0.25, 0.3) is 0 Å². The van der Waals surface area contributed by atoms with Gasteiger partial charge in [-0.25, -0.2) is 4.79 Å². The van der Waals surface area contributed by atoms with Gasteiger partial charge in [0.1, 0.15) is 6.04 Å². The van der Waals surface area contributed by atoms with Crippen LogP contribution in [0.15, 0.2) is 36.4 Å². The zero-order valence-electron chi connectivity index (χ0n) is 16.9. The van der Waals surface area contributed by atoms with Crippen LogP contribution in [0.2, 0.25) is 0 Å². The summed E-state index contributed by atoms with van der Waals surface area (Å²) < 4.78 is 5.07. The molecule has 2 aliphatic rings. The molecule has 30 heavy (non-hydrogen) atoms. The van der Waals surface area contributed by atoms with Crippen molar-refractivity contribution < 1.29 is 28.7 Å². The largest absolute Gasteiger partial charge is 0.456 e. The molecule has 0 radical (unpaired) electrons. The molecule has 3 atom stereocenters. The molecule has 1 aliphatic heterocycles. The van der Waals surface area contributed by atoms with Gasteiger partial charge in [0.25, 0.3) is 0 Å². The van der Waals surface area contributed by atoms with E-state index in [9.17, 15) is 24.0 Å². The summed E-state index contributed by atoms with van der Waals surface area (Å²) in [4.78, 5) is 62.1. The van der Waals surface area contributed by atoms with Gasteiger partial charge in [-0.3, -0.25) is 24.1 Å². The summed E-state index contributed by atoms with van der Waals surface area (Å²) >= 11 is 0. The minimum Gasteiger partial charge on any atom is -0.456 e. The quantitative estimate of drug-likeness (QED) is 0.318. The number of anilines is 1. The number of benzene rings is 1. The molecule has 0 spiro atoms. The predicted molar refractivity (Wildman–Crippen MR) is 107 cm³/mol. The highest BCUT2D eigenvalue weighted by Crippen LogP contribution is 2.36. The number of fused-ring (bicyclic) bond motifs is 1. The number of rotatable bonds is 7. The second-order valence-electron chi connectivity index (χ2n) is 7.39. The number of nitrogens with one attached hydrogen (secondary N) is 1. The Morgan fingerprint density at radius 1 is 1.07 bits per heavy atom. The number of nitrogens with zero attached hydrogens (tertiary/aromatic N) is 1. The SMILES string of the molecule is CCC(=O)Nc1ccc(C(=O)COC(=O)[C@H](C)N2C(=O)[C@H]3CC=CC[C@@H]3C2=O)cc1. The van der Waals surface area contributed by atoms with Crippen LogP contribution in [0.4, 0.5) is 5.69 Å². The maximum Gasteiger partial charge on any atom is 0.329 e. The highest BCUT2D eigenvalue weighted by molar-refractivity contribution is 6.08. The summed E-state index contributed by atoms with van der Waals surface area (Å²) in [6, 6.07) is 5.13. The van der Waals surface area contributed by atoms with Crippen molar-refractivity contribution in [3.63, 3.8) is 0 Å². The lowest BCUT2D eigenvalue weighted by Crippen LogP contribution is -2.44. The molecule has 1 aliphatic carbocycles. The molecule has 0 unspecified atom stereocenters. The lowest BCUT2D eigenvalue weighted by Gasteiger charge is -2.21. The van der Waals surface area contributed by atoms with Gasteiger partial charge in [-0.2, -0.15) is 0 Å².